The van der Waals surface area contributed by atoms with Crippen LogP contribution < -0.4 is 4.90 Å². The third kappa shape index (κ3) is 1.21. The zero-order chi connectivity index (χ0) is 11.1. The van der Waals surface area contributed by atoms with Crippen molar-refractivity contribution in [1.82, 2.24) is 0 Å². The fraction of sp³-hybridized carbons (Fsp3) is 0.308. The summed E-state index contributed by atoms with van der Waals surface area (Å²) in [5.41, 5.74) is 2.08. The topological polar surface area (TPSA) is 29.5 Å². The van der Waals surface area contributed by atoms with Crippen molar-refractivity contribution in [3.8, 4) is 0 Å². The number of carbonyl (C=O) groups is 1. The van der Waals surface area contributed by atoms with E-state index in [2.05, 4.69) is 0 Å². The first-order valence-electron chi connectivity index (χ1n) is 5.44. The maximum Gasteiger partial charge on any atom is 0.237 e. The van der Waals surface area contributed by atoms with Gasteiger partial charge in [0, 0.05) is 12.7 Å². The van der Waals surface area contributed by atoms with E-state index in [0.717, 1.165) is 11.3 Å². The molecule has 3 rings (SSSR count). The van der Waals surface area contributed by atoms with Crippen LogP contribution in [-0.4, -0.2) is 25.7 Å². The monoisotopic (exact) mass is 215 g/mol. The van der Waals surface area contributed by atoms with Crippen molar-refractivity contribution in [1.29, 1.82) is 0 Å². The highest BCUT2D eigenvalue weighted by atomic mass is 16.5. The molecule has 82 valence electrons. The highest BCUT2D eigenvalue weighted by Crippen LogP contribution is 2.39. The summed E-state index contributed by atoms with van der Waals surface area (Å²) in [5.74, 6) is -0.0438. The average molecular weight is 215 g/mol. The number of para-hydroxylation sites is 1. The summed E-state index contributed by atoms with van der Waals surface area (Å²) < 4.78 is 5.55. The van der Waals surface area contributed by atoms with E-state index in [1.165, 1.54) is 0 Å². The molecular weight excluding hydrogens is 202 g/mol. The highest BCUT2D eigenvalue weighted by molar-refractivity contribution is 6.05. The second-order valence-corrected chi connectivity index (χ2v) is 4.16. The molecule has 0 aromatic heterocycles. The lowest BCUT2D eigenvalue weighted by Crippen LogP contribution is -2.30. The maximum atomic E-state index is 12.2. The van der Waals surface area contributed by atoms with Gasteiger partial charge in [0.1, 0.15) is 0 Å². The molecule has 0 bridgehead atoms. The van der Waals surface area contributed by atoms with E-state index < -0.39 is 0 Å². The molecule has 0 fully saturated rings. The molecule has 16 heavy (non-hydrogen) atoms. The Morgan fingerprint density at radius 2 is 2.19 bits per heavy atom. The van der Waals surface area contributed by atoms with Crippen LogP contribution in [-0.2, 0) is 9.53 Å². The van der Waals surface area contributed by atoms with Crippen LogP contribution in [0.2, 0.25) is 0 Å². The van der Waals surface area contributed by atoms with E-state index in [1.54, 1.807) is 4.90 Å². The summed E-state index contributed by atoms with van der Waals surface area (Å²) in [7, 11) is 1.82. The van der Waals surface area contributed by atoms with Crippen molar-refractivity contribution in [2.24, 2.45) is 0 Å². The second kappa shape index (κ2) is 3.46. The summed E-state index contributed by atoms with van der Waals surface area (Å²) in [6.07, 6.45) is 3.86. The number of likely N-dealkylation sites (N-methyl/N-ethyl adjacent to an activating group) is 1. The number of ether oxygens (including phenoxy) is 1. The third-order valence-corrected chi connectivity index (χ3v) is 3.27. The van der Waals surface area contributed by atoms with Gasteiger partial charge in [-0.2, -0.15) is 0 Å². The van der Waals surface area contributed by atoms with Gasteiger partial charge in [0.2, 0.25) is 5.91 Å². The van der Waals surface area contributed by atoms with E-state index >= 15 is 0 Å². The second-order valence-electron chi connectivity index (χ2n) is 4.16. The number of benzene rings is 1. The molecule has 2 aliphatic heterocycles. The normalized spacial score (nSPS) is 27.6. The lowest BCUT2D eigenvalue weighted by molar-refractivity contribution is -0.121. The van der Waals surface area contributed by atoms with Gasteiger partial charge < -0.3 is 9.64 Å². The summed E-state index contributed by atoms with van der Waals surface area (Å²) >= 11 is 0. The maximum absolute atomic E-state index is 12.2. The van der Waals surface area contributed by atoms with E-state index in [9.17, 15) is 4.79 Å². The quantitative estimate of drug-likeness (QED) is 0.667. The molecule has 3 nitrogen and oxygen atoms in total. The Kier molecular flexibility index (Phi) is 2.07. The lowest BCUT2D eigenvalue weighted by atomic mass is 9.95. The summed E-state index contributed by atoms with van der Waals surface area (Å²) in [5, 5.41) is 0. The predicted molar refractivity (Wildman–Crippen MR) is 61.5 cm³/mol. The predicted octanol–water partition coefficient (Wildman–Crippen LogP) is 1.70. The Bertz CT molecular complexity index is 467. The standard InChI is InChI=1S/C13H13NO2/c1-14-10-6-3-2-5-9(10)12(13(14)15)11-7-4-8-16-11/h2-7,11-12H,8H2,1H3. The zero-order valence-corrected chi connectivity index (χ0v) is 9.09. The van der Waals surface area contributed by atoms with Gasteiger partial charge >= 0.3 is 0 Å². The Morgan fingerprint density at radius 1 is 1.38 bits per heavy atom. The first kappa shape index (κ1) is 9.60. The molecule has 2 heterocycles. The summed E-state index contributed by atoms with van der Waals surface area (Å²) in [6.45, 7) is 0.611. The van der Waals surface area contributed by atoms with Crippen molar-refractivity contribution in [2.75, 3.05) is 18.6 Å². The van der Waals surface area contributed by atoms with Crippen LogP contribution in [0.15, 0.2) is 36.4 Å². The Balaban J connectivity index is 2.06. The van der Waals surface area contributed by atoms with Crippen LogP contribution in [0.25, 0.3) is 0 Å². The fourth-order valence-electron chi connectivity index (χ4n) is 2.45. The molecule has 0 N–H and O–H groups in total. The molecular formula is C13H13NO2. The number of nitrogens with zero attached hydrogens (tertiary/aromatic N) is 1. The molecule has 2 aliphatic rings. The zero-order valence-electron chi connectivity index (χ0n) is 9.09. The fourth-order valence-corrected chi connectivity index (χ4v) is 2.45. The summed E-state index contributed by atoms with van der Waals surface area (Å²) in [6, 6.07) is 7.91. The van der Waals surface area contributed by atoms with Crippen molar-refractivity contribution in [3.05, 3.63) is 42.0 Å². The molecule has 2 atom stereocenters. The SMILES string of the molecule is CN1C(=O)C(C2C=CCO2)c2ccccc21. The Labute approximate surface area is 94.3 Å². The molecule has 0 saturated heterocycles. The molecule has 1 aromatic rings. The minimum Gasteiger partial charge on any atom is -0.369 e. The largest absolute Gasteiger partial charge is 0.369 e. The van der Waals surface area contributed by atoms with Crippen LogP contribution in [0, 0.1) is 0 Å². The molecule has 1 amide bonds. The minimum absolute atomic E-state index is 0.0985. The van der Waals surface area contributed by atoms with Gasteiger partial charge in [0.25, 0.3) is 0 Å². The van der Waals surface area contributed by atoms with E-state index in [4.69, 9.17) is 4.74 Å². The van der Waals surface area contributed by atoms with Crippen molar-refractivity contribution in [3.63, 3.8) is 0 Å². The Hall–Kier alpha value is -1.61. The van der Waals surface area contributed by atoms with Crippen molar-refractivity contribution >= 4 is 11.6 Å². The van der Waals surface area contributed by atoms with Gasteiger partial charge in [0.15, 0.2) is 0 Å². The smallest absolute Gasteiger partial charge is 0.237 e. The number of fused-ring (bicyclic) bond motifs is 1. The molecule has 0 saturated carbocycles. The number of amides is 1. The minimum atomic E-state index is -0.167. The number of rotatable bonds is 1. The van der Waals surface area contributed by atoms with Gasteiger partial charge in [-0.25, -0.2) is 0 Å². The van der Waals surface area contributed by atoms with Crippen LogP contribution in [0.1, 0.15) is 11.5 Å². The van der Waals surface area contributed by atoms with Gasteiger partial charge in [-0.3, -0.25) is 4.79 Å². The molecule has 0 spiro atoms. The van der Waals surface area contributed by atoms with E-state index in [-0.39, 0.29) is 17.9 Å². The number of anilines is 1. The number of carbonyl (C=O) groups excluding carboxylic acids is 1. The Morgan fingerprint density at radius 3 is 2.94 bits per heavy atom. The number of hydrogen-bond donors (Lipinski definition) is 0. The number of hydrogen-bond acceptors (Lipinski definition) is 2. The van der Waals surface area contributed by atoms with Crippen LogP contribution >= 0.6 is 0 Å². The van der Waals surface area contributed by atoms with Crippen molar-refractivity contribution < 1.29 is 9.53 Å². The van der Waals surface area contributed by atoms with Crippen LogP contribution in [0.4, 0.5) is 5.69 Å². The van der Waals surface area contributed by atoms with Crippen LogP contribution in [0.5, 0.6) is 0 Å². The third-order valence-electron chi connectivity index (χ3n) is 3.27. The molecule has 0 aliphatic carbocycles. The van der Waals surface area contributed by atoms with E-state index in [1.807, 2.05) is 43.5 Å². The highest BCUT2D eigenvalue weighted by Gasteiger charge is 2.40. The molecule has 2 unspecified atom stereocenters. The first-order chi connectivity index (χ1) is 7.79. The van der Waals surface area contributed by atoms with Crippen LogP contribution in [0.3, 0.4) is 0 Å². The van der Waals surface area contributed by atoms with Gasteiger partial charge in [0.05, 0.1) is 18.6 Å². The lowest BCUT2D eigenvalue weighted by Gasteiger charge is -2.16. The van der Waals surface area contributed by atoms with E-state index in [0.29, 0.717) is 6.61 Å². The first-order valence-corrected chi connectivity index (χ1v) is 5.44. The molecule has 0 radical (unpaired) electrons. The summed E-state index contributed by atoms with van der Waals surface area (Å²) in [4.78, 5) is 13.9. The van der Waals surface area contributed by atoms with Gasteiger partial charge in [-0.05, 0) is 11.6 Å². The molecule has 1 aromatic carbocycles. The van der Waals surface area contributed by atoms with Crippen molar-refractivity contribution in [2.45, 2.75) is 12.0 Å². The van der Waals surface area contributed by atoms with Gasteiger partial charge in [-0.1, -0.05) is 30.4 Å². The molecule has 3 heteroatoms. The average Bonchev–Trinajstić information content (AvgIpc) is 2.89. The van der Waals surface area contributed by atoms with Gasteiger partial charge in [-0.15, -0.1) is 0 Å².